The lowest BCUT2D eigenvalue weighted by Crippen LogP contribution is -2.43. The van der Waals surface area contributed by atoms with Gasteiger partial charge in [-0.15, -0.1) is 0 Å². The van der Waals surface area contributed by atoms with Crippen LogP contribution in [-0.2, 0) is 24.3 Å². The second kappa shape index (κ2) is 11.0. The highest BCUT2D eigenvalue weighted by atomic mass is 79.9. The minimum atomic E-state index is -3.89. The number of hydrogen-bond acceptors (Lipinski definition) is 5. The van der Waals surface area contributed by atoms with Gasteiger partial charge in [0.2, 0.25) is 10.0 Å². The van der Waals surface area contributed by atoms with E-state index >= 15 is 0 Å². The minimum Gasteiger partial charge on any atom is -0.481 e. The molecule has 0 radical (unpaired) electrons. The number of benzene rings is 1. The molecule has 0 saturated carbocycles. The van der Waals surface area contributed by atoms with E-state index in [-0.39, 0.29) is 30.9 Å². The number of carboxylic acids is 1. The first-order chi connectivity index (χ1) is 12.2. The molecule has 1 unspecified atom stereocenters. The molecule has 0 aliphatic rings. The second-order valence-corrected chi connectivity index (χ2v) is 9.38. The summed E-state index contributed by atoms with van der Waals surface area (Å²) in [7, 11) is -3.89. The third kappa shape index (κ3) is 6.98. The van der Waals surface area contributed by atoms with E-state index in [1.807, 2.05) is 0 Å². The molecule has 0 spiro atoms. The molecule has 7 nitrogen and oxygen atoms in total. The van der Waals surface area contributed by atoms with Crippen LogP contribution < -0.4 is 0 Å². The topological polar surface area (TPSA) is 101 Å². The molecule has 0 heterocycles. The Morgan fingerprint density at radius 3 is 2.38 bits per heavy atom. The number of alkyl halides is 2. The number of sulfonamides is 1. The summed E-state index contributed by atoms with van der Waals surface area (Å²) >= 11 is 6.50. The van der Waals surface area contributed by atoms with Crippen molar-refractivity contribution in [3.8, 4) is 0 Å². The molecular weight excluding hydrogens is 494 g/mol. The maximum Gasteiger partial charge on any atom is 0.321 e. The van der Waals surface area contributed by atoms with E-state index in [9.17, 15) is 18.0 Å². The molecule has 0 bridgehead atoms. The molecule has 1 aromatic rings. The van der Waals surface area contributed by atoms with Gasteiger partial charge in [0.15, 0.2) is 0 Å². The fraction of sp³-hybridized carbons (Fsp3) is 0.500. The zero-order chi connectivity index (χ0) is 19.7. The molecule has 2 atom stereocenters. The van der Waals surface area contributed by atoms with Crippen LogP contribution in [0.4, 0.5) is 0 Å². The van der Waals surface area contributed by atoms with Gasteiger partial charge in [0.1, 0.15) is 4.83 Å². The smallest absolute Gasteiger partial charge is 0.321 e. The number of nitrogens with zero attached hydrogens (tertiary/aromatic N) is 1. The monoisotopic (exact) mass is 513 g/mol. The number of esters is 1. The van der Waals surface area contributed by atoms with E-state index < -0.39 is 31.7 Å². The predicted molar refractivity (Wildman–Crippen MR) is 104 cm³/mol. The highest BCUT2D eigenvalue weighted by molar-refractivity contribution is 9.10. The van der Waals surface area contributed by atoms with Gasteiger partial charge in [-0.05, 0) is 31.9 Å². The van der Waals surface area contributed by atoms with Gasteiger partial charge in [-0.1, -0.05) is 50.1 Å². The highest BCUT2D eigenvalue weighted by Crippen LogP contribution is 2.26. The molecule has 0 amide bonds. The predicted octanol–water partition coefficient (Wildman–Crippen LogP) is 2.98. The number of carboxylic acid groups (broad SMARTS) is 1. The Kier molecular flexibility index (Phi) is 9.77. The quantitative estimate of drug-likeness (QED) is 0.277. The fourth-order valence-electron chi connectivity index (χ4n) is 2.12. The van der Waals surface area contributed by atoms with Gasteiger partial charge in [0.25, 0.3) is 0 Å². The van der Waals surface area contributed by atoms with Crippen LogP contribution in [0.5, 0.6) is 0 Å². The number of rotatable bonds is 11. The van der Waals surface area contributed by atoms with Gasteiger partial charge in [0.05, 0.1) is 16.5 Å². The lowest BCUT2D eigenvalue weighted by Gasteiger charge is -2.28. The standard InChI is InChI=1S/C16H21Br2NO6S/c1-2-25-16(22)13(17)11-19(14(18)9-6-10-15(20)21)26(23,24)12-7-4-3-5-8-12/h3-5,7-8,13-14H,2,6,9-11H2,1H3,(H,20,21)/t13-,14?/m1/s1. The van der Waals surface area contributed by atoms with Crippen LogP contribution in [0.25, 0.3) is 0 Å². The van der Waals surface area contributed by atoms with Crippen LogP contribution in [0.3, 0.4) is 0 Å². The minimum absolute atomic E-state index is 0.0725. The van der Waals surface area contributed by atoms with E-state index in [1.54, 1.807) is 25.1 Å². The number of aliphatic carboxylic acids is 1. The van der Waals surface area contributed by atoms with Crippen LogP contribution in [0.15, 0.2) is 35.2 Å². The first-order valence-corrected chi connectivity index (χ1v) is 11.2. The maximum atomic E-state index is 13.0. The van der Waals surface area contributed by atoms with Crippen molar-refractivity contribution in [2.75, 3.05) is 13.2 Å². The molecule has 26 heavy (non-hydrogen) atoms. The van der Waals surface area contributed by atoms with Crippen molar-refractivity contribution >= 4 is 53.8 Å². The van der Waals surface area contributed by atoms with Gasteiger partial charge in [-0.2, -0.15) is 4.31 Å². The van der Waals surface area contributed by atoms with Crippen LogP contribution in [-0.4, -0.2) is 52.7 Å². The second-order valence-electron chi connectivity index (χ2n) is 5.33. The molecular formula is C16H21Br2NO6S. The lowest BCUT2D eigenvalue weighted by atomic mass is 10.2. The third-order valence-corrected chi connectivity index (χ3v) is 7.15. The molecule has 1 N–H and O–H groups in total. The Morgan fingerprint density at radius 1 is 1.23 bits per heavy atom. The van der Waals surface area contributed by atoms with E-state index in [0.717, 1.165) is 4.31 Å². The van der Waals surface area contributed by atoms with Gasteiger partial charge >= 0.3 is 11.9 Å². The van der Waals surface area contributed by atoms with Crippen LogP contribution in [0, 0.1) is 0 Å². The Labute approximate surface area is 170 Å². The first-order valence-electron chi connectivity index (χ1n) is 7.93. The third-order valence-electron chi connectivity index (χ3n) is 3.38. The van der Waals surface area contributed by atoms with E-state index in [2.05, 4.69) is 31.9 Å². The average molecular weight is 515 g/mol. The summed E-state index contributed by atoms with van der Waals surface area (Å²) in [6.45, 7) is 1.69. The molecule has 0 fully saturated rings. The Balaban J connectivity index is 3.04. The van der Waals surface area contributed by atoms with Crippen molar-refractivity contribution < 1.29 is 27.9 Å². The normalized spacial score (nSPS) is 14.0. The van der Waals surface area contributed by atoms with Crippen LogP contribution in [0.1, 0.15) is 26.2 Å². The Bertz CT molecular complexity index is 698. The SMILES string of the molecule is CCOC(=O)[C@H](Br)CN(C(Br)CCCC(=O)O)S(=O)(=O)c1ccccc1. The highest BCUT2D eigenvalue weighted by Gasteiger charge is 2.33. The molecule has 0 aliphatic carbocycles. The molecule has 0 saturated heterocycles. The summed E-state index contributed by atoms with van der Waals surface area (Å²) < 4.78 is 32.0. The molecule has 0 aromatic heterocycles. The van der Waals surface area contributed by atoms with Crippen molar-refractivity contribution in [1.82, 2.24) is 4.31 Å². The summed E-state index contributed by atoms with van der Waals surface area (Å²) in [6, 6.07) is 7.85. The lowest BCUT2D eigenvalue weighted by molar-refractivity contribution is -0.142. The van der Waals surface area contributed by atoms with Crippen molar-refractivity contribution in [2.45, 2.75) is 40.9 Å². The molecule has 10 heteroatoms. The summed E-state index contributed by atoms with van der Waals surface area (Å²) in [5.74, 6) is -1.52. The summed E-state index contributed by atoms with van der Waals surface area (Å²) in [5, 5.41) is 8.76. The maximum absolute atomic E-state index is 13.0. The van der Waals surface area contributed by atoms with Gasteiger partial charge < -0.3 is 9.84 Å². The molecule has 0 aliphatic heterocycles. The number of halogens is 2. The van der Waals surface area contributed by atoms with Crippen molar-refractivity contribution in [3.05, 3.63) is 30.3 Å². The van der Waals surface area contributed by atoms with Crippen molar-refractivity contribution in [1.29, 1.82) is 0 Å². The van der Waals surface area contributed by atoms with Crippen molar-refractivity contribution in [3.63, 3.8) is 0 Å². The molecule has 146 valence electrons. The van der Waals surface area contributed by atoms with Crippen molar-refractivity contribution in [2.24, 2.45) is 0 Å². The molecule has 1 rings (SSSR count). The summed E-state index contributed by atoms with van der Waals surface area (Å²) in [4.78, 5) is 21.2. The van der Waals surface area contributed by atoms with Crippen LogP contribution in [0.2, 0.25) is 0 Å². The van der Waals surface area contributed by atoms with Crippen LogP contribution >= 0.6 is 31.9 Å². The number of hydrogen-bond donors (Lipinski definition) is 1. The van der Waals surface area contributed by atoms with Gasteiger partial charge in [0, 0.05) is 13.0 Å². The summed E-state index contributed by atoms with van der Waals surface area (Å²) in [6.07, 6.45) is 0.496. The fourth-order valence-corrected chi connectivity index (χ4v) is 5.43. The van der Waals surface area contributed by atoms with E-state index in [4.69, 9.17) is 9.84 Å². The zero-order valence-electron chi connectivity index (χ0n) is 14.2. The number of carbonyl (C=O) groups is 2. The van der Waals surface area contributed by atoms with Gasteiger partial charge in [-0.3, -0.25) is 9.59 Å². The summed E-state index contributed by atoms with van der Waals surface area (Å²) in [5.41, 5.74) is 0. The number of carbonyl (C=O) groups excluding carboxylic acids is 1. The van der Waals surface area contributed by atoms with E-state index in [0.29, 0.717) is 6.42 Å². The van der Waals surface area contributed by atoms with Gasteiger partial charge in [-0.25, -0.2) is 8.42 Å². The first kappa shape index (κ1) is 23.1. The zero-order valence-corrected chi connectivity index (χ0v) is 18.2. The Hall–Kier alpha value is -0.970. The molecule has 1 aromatic carbocycles. The Morgan fingerprint density at radius 2 is 1.85 bits per heavy atom. The van der Waals surface area contributed by atoms with E-state index in [1.165, 1.54) is 12.1 Å². The largest absolute Gasteiger partial charge is 0.481 e. The number of ether oxygens (including phenoxy) is 1. The average Bonchev–Trinajstić information content (AvgIpc) is 2.59.